The van der Waals surface area contributed by atoms with E-state index in [1.54, 1.807) is 24.3 Å². The van der Waals surface area contributed by atoms with Gasteiger partial charge in [-0.05, 0) is 41.8 Å². The highest BCUT2D eigenvalue weighted by Gasteiger charge is 2.50. The lowest BCUT2D eigenvalue weighted by Crippen LogP contribution is -2.29. The van der Waals surface area contributed by atoms with Crippen LogP contribution in [0.4, 0.5) is 11.4 Å². The Balaban J connectivity index is 1.86. The molecule has 0 radical (unpaired) electrons. The number of nitro benzene ring substituents is 1. The van der Waals surface area contributed by atoms with Crippen molar-refractivity contribution in [2.75, 3.05) is 4.90 Å². The van der Waals surface area contributed by atoms with Gasteiger partial charge in [-0.2, -0.15) is 0 Å². The number of allylic oxidation sites excluding steroid dienone is 2. The first kappa shape index (κ1) is 22.2. The van der Waals surface area contributed by atoms with Crippen LogP contribution in [0, 0.1) is 17.0 Å². The number of amides is 1. The van der Waals surface area contributed by atoms with Gasteiger partial charge in [0, 0.05) is 17.8 Å². The van der Waals surface area contributed by atoms with E-state index in [2.05, 4.69) is 0 Å². The Morgan fingerprint density at radius 3 is 2.39 bits per heavy atom. The number of carbonyl (C=O) groups is 1. The third-order valence-corrected chi connectivity index (χ3v) is 7.24. The van der Waals surface area contributed by atoms with Crippen LogP contribution < -0.4 is 4.90 Å². The largest absolute Gasteiger partial charge is 0.286 e. The average Bonchev–Trinajstić information content (AvgIpc) is 3.00. The van der Waals surface area contributed by atoms with Gasteiger partial charge in [0.15, 0.2) is 5.37 Å². The first-order valence-electron chi connectivity index (χ1n) is 10.1. The van der Waals surface area contributed by atoms with Crippen molar-refractivity contribution in [3.8, 4) is 0 Å². The van der Waals surface area contributed by atoms with E-state index in [4.69, 9.17) is 0 Å². The highest BCUT2D eigenvalue weighted by atomic mass is 32.2. The first-order valence-corrected chi connectivity index (χ1v) is 11.7. The SMILES string of the molecule is Cc1cccc(N2C(=O)/C(=C/C=C\c3ccccc3)S(=O)(=O)[C@H]2c2cccc([N+](=O)[O-])c2)c1. The molecule has 0 aromatic heterocycles. The molecule has 8 heteroatoms. The van der Waals surface area contributed by atoms with Crippen LogP contribution in [0.25, 0.3) is 6.08 Å². The third kappa shape index (κ3) is 4.33. The molecule has 1 aliphatic heterocycles. The van der Waals surface area contributed by atoms with Gasteiger partial charge >= 0.3 is 0 Å². The number of aryl methyl sites for hydroxylation is 1. The summed E-state index contributed by atoms with van der Waals surface area (Å²) in [5.41, 5.74) is 1.99. The van der Waals surface area contributed by atoms with Crippen LogP contribution in [0.2, 0.25) is 0 Å². The zero-order chi connectivity index (χ0) is 23.6. The fraction of sp³-hybridized carbons (Fsp3) is 0.0800. The van der Waals surface area contributed by atoms with Gasteiger partial charge in [0.2, 0.25) is 9.84 Å². The van der Waals surface area contributed by atoms with E-state index in [9.17, 15) is 23.3 Å². The predicted molar refractivity (Wildman–Crippen MR) is 127 cm³/mol. The lowest BCUT2D eigenvalue weighted by molar-refractivity contribution is -0.384. The number of hydrogen-bond donors (Lipinski definition) is 0. The molecule has 1 fully saturated rings. The van der Waals surface area contributed by atoms with Crippen molar-refractivity contribution in [1.82, 2.24) is 0 Å². The van der Waals surface area contributed by atoms with Crippen molar-refractivity contribution >= 4 is 33.2 Å². The molecule has 3 aromatic rings. The molecule has 1 atom stereocenters. The molecule has 4 rings (SSSR count). The number of hydrogen-bond acceptors (Lipinski definition) is 5. The van der Waals surface area contributed by atoms with Crippen molar-refractivity contribution in [3.05, 3.63) is 123 Å². The van der Waals surface area contributed by atoms with E-state index < -0.39 is 26.0 Å². The van der Waals surface area contributed by atoms with Gasteiger partial charge in [0.25, 0.3) is 11.6 Å². The second kappa shape index (κ2) is 8.84. The monoisotopic (exact) mass is 460 g/mol. The minimum Gasteiger partial charge on any atom is -0.286 e. The second-order valence-electron chi connectivity index (χ2n) is 7.56. The normalized spacial score (nSPS) is 18.8. The Morgan fingerprint density at radius 2 is 1.70 bits per heavy atom. The number of benzene rings is 3. The molecule has 1 heterocycles. The second-order valence-corrected chi connectivity index (χ2v) is 9.54. The molecular formula is C25H20N2O5S. The lowest BCUT2D eigenvalue weighted by atomic mass is 10.1. The van der Waals surface area contributed by atoms with Crippen LogP contribution >= 0.6 is 0 Å². The first-order chi connectivity index (χ1) is 15.8. The van der Waals surface area contributed by atoms with E-state index in [0.29, 0.717) is 5.69 Å². The van der Waals surface area contributed by atoms with Crippen molar-refractivity contribution in [2.45, 2.75) is 12.3 Å². The van der Waals surface area contributed by atoms with Crippen LogP contribution in [-0.2, 0) is 14.6 Å². The maximum atomic E-state index is 13.6. The van der Waals surface area contributed by atoms with E-state index >= 15 is 0 Å². The summed E-state index contributed by atoms with van der Waals surface area (Å²) in [5, 5.41) is 9.87. The van der Waals surface area contributed by atoms with Crippen LogP contribution in [0.15, 0.2) is 95.9 Å². The van der Waals surface area contributed by atoms with E-state index in [-0.39, 0.29) is 16.2 Å². The fourth-order valence-electron chi connectivity index (χ4n) is 3.73. The van der Waals surface area contributed by atoms with Crippen LogP contribution in [-0.4, -0.2) is 19.2 Å². The minimum atomic E-state index is -4.17. The van der Waals surface area contributed by atoms with E-state index in [0.717, 1.165) is 11.1 Å². The minimum absolute atomic E-state index is 0.148. The molecular weight excluding hydrogens is 440 g/mol. The van der Waals surface area contributed by atoms with Crippen LogP contribution in [0.5, 0.6) is 0 Å². The quantitative estimate of drug-likeness (QED) is 0.304. The summed E-state index contributed by atoms with van der Waals surface area (Å²) in [7, 11) is -4.17. The van der Waals surface area contributed by atoms with Gasteiger partial charge in [-0.1, -0.05) is 66.7 Å². The number of rotatable bonds is 5. The predicted octanol–water partition coefficient (Wildman–Crippen LogP) is 4.96. The Kier molecular flexibility index (Phi) is 5.93. The van der Waals surface area contributed by atoms with E-state index in [1.165, 1.54) is 41.3 Å². The Bertz CT molecular complexity index is 1400. The molecule has 0 N–H and O–H groups in total. The lowest BCUT2D eigenvalue weighted by Gasteiger charge is -2.23. The Morgan fingerprint density at radius 1 is 0.970 bits per heavy atom. The molecule has 7 nitrogen and oxygen atoms in total. The molecule has 0 bridgehead atoms. The van der Waals surface area contributed by atoms with Crippen molar-refractivity contribution < 1.29 is 18.1 Å². The summed E-state index contributed by atoms with van der Waals surface area (Å²) in [5.74, 6) is -0.685. The van der Waals surface area contributed by atoms with Crippen LogP contribution in [0.1, 0.15) is 22.1 Å². The van der Waals surface area contributed by atoms with Gasteiger partial charge in [-0.3, -0.25) is 19.8 Å². The summed E-state index contributed by atoms with van der Waals surface area (Å²) >= 11 is 0. The molecule has 1 saturated heterocycles. The third-order valence-electron chi connectivity index (χ3n) is 5.25. The maximum absolute atomic E-state index is 13.6. The number of nitrogens with zero attached hydrogens (tertiary/aromatic N) is 2. The molecule has 0 aliphatic carbocycles. The number of carbonyl (C=O) groups excluding carboxylic acids is 1. The smallest absolute Gasteiger partial charge is 0.271 e. The topological polar surface area (TPSA) is 97.6 Å². The summed E-state index contributed by atoms with van der Waals surface area (Å²) in [6.07, 6.45) is 4.50. The highest BCUT2D eigenvalue weighted by Crippen LogP contribution is 2.43. The van der Waals surface area contributed by atoms with Gasteiger partial charge in [-0.25, -0.2) is 8.42 Å². The molecule has 3 aromatic carbocycles. The Hall–Kier alpha value is -4.04. The standard InChI is InChI=1S/C25H20N2O5S/c1-18-8-5-13-21(16-18)26-24(28)23(15-6-11-19-9-3-2-4-10-19)33(31,32)25(26)20-12-7-14-22(17-20)27(29)30/h2-17,25H,1H3/b11-6-,23-15-/t25-/m0/s1. The molecule has 1 aliphatic rings. The summed E-state index contributed by atoms with van der Waals surface area (Å²) in [4.78, 5) is 24.9. The van der Waals surface area contributed by atoms with E-state index in [1.807, 2.05) is 43.3 Å². The zero-order valence-electron chi connectivity index (χ0n) is 17.7. The number of non-ortho nitro benzene ring substituents is 1. The molecule has 33 heavy (non-hydrogen) atoms. The van der Waals surface area contributed by atoms with Gasteiger partial charge in [-0.15, -0.1) is 0 Å². The fourth-order valence-corrected chi connectivity index (χ4v) is 5.58. The van der Waals surface area contributed by atoms with Gasteiger partial charge in [0.1, 0.15) is 4.91 Å². The van der Waals surface area contributed by atoms with Gasteiger partial charge < -0.3 is 0 Å². The molecule has 0 unspecified atom stereocenters. The van der Waals surface area contributed by atoms with Crippen molar-refractivity contribution in [1.29, 1.82) is 0 Å². The Labute approximate surface area is 191 Å². The van der Waals surface area contributed by atoms with Crippen molar-refractivity contribution in [2.24, 2.45) is 0 Å². The maximum Gasteiger partial charge on any atom is 0.271 e. The van der Waals surface area contributed by atoms with Crippen LogP contribution in [0.3, 0.4) is 0 Å². The average molecular weight is 461 g/mol. The number of sulfone groups is 1. The highest BCUT2D eigenvalue weighted by molar-refractivity contribution is 7.97. The van der Waals surface area contributed by atoms with Crippen molar-refractivity contribution in [3.63, 3.8) is 0 Å². The molecule has 1 amide bonds. The van der Waals surface area contributed by atoms with Gasteiger partial charge in [0.05, 0.1) is 4.92 Å². The zero-order valence-corrected chi connectivity index (χ0v) is 18.5. The number of anilines is 1. The number of nitro groups is 1. The summed E-state index contributed by atoms with van der Waals surface area (Å²) in [6, 6.07) is 21.6. The summed E-state index contributed by atoms with van der Waals surface area (Å²) < 4.78 is 27.1. The molecule has 166 valence electrons. The summed E-state index contributed by atoms with van der Waals surface area (Å²) in [6.45, 7) is 1.83. The molecule has 0 saturated carbocycles. The molecule has 0 spiro atoms.